The molecule has 1 amide bonds. The molecule has 6 nitrogen and oxygen atoms in total. The molecule has 2 heterocycles. The van der Waals surface area contributed by atoms with E-state index in [2.05, 4.69) is 36.2 Å². The second-order valence-electron chi connectivity index (χ2n) is 12.3. The number of aromatic hydroxyl groups is 1. The first-order chi connectivity index (χ1) is 17.9. The molecule has 2 bridgehead atoms. The first-order valence-corrected chi connectivity index (χ1v) is 14.2. The molecule has 2 aliphatic heterocycles. The maximum absolute atomic E-state index is 13.7. The number of benzene rings is 2. The first-order valence-electron chi connectivity index (χ1n) is 14.2. The van der Waals surface area contributed by atoms with E-state index >= 15 is 0 Å². The standard InChI is InChI=1S/C31H38N2O4/c1-3-21(22-7-5-4-6-18(22)2)29(35)32-23-12-13-31(36)25-16-20-10-11-24(34)27-26(20)30(31,28(23)37-27)14-15-33(25)17-19-8-9-19/h4-7,10-11,19,21,23,25,28,34,36H,3,8-9,12-17H2,1-2H3,(H,32,35)/t21?,23-,25+,28-,30-,31+/m0/s1. The molecule has 2 saturated carbocycles. The van der Waals surface area contributed by atoms with Crippen molar-refractivity contribution >= 4 is 5.91 Å². The summed E-state index contributed by atoms with van der Waals surface area (Å²) in [6.45, 7) is 6.09. The van der Waals surface area contributed by atoms with Crippen LogP contribution in [-0.2, 0) is 16.6 Å². The number of nitrogens with one attached hydrogen (secondary N) is 1. The lowest BCUT2D eigenvalue weighted by molar-refractivity contribution is -0.192. The van der Waals surface area contributed by atoms with Crippen molar-refractivity contribution in [3.05, 3.63) is 58.7 Å². The predicted octanol–water partition coefficient (Wildman–Crippen LogP) is 3.94. The van der Waals surface area contributed by atoms with Crippen LogP contribution in [0.1, 0.15) is 73.6 Å². The number of nitrogens with zero attached hydrogens (tertiary/aromatic N) is 1. The van der Waals surface area contributed by atoms with Crippen LogP contribution in [0.5, 0.6) is 11.5 Å². The summed E-state index contributed by atoms with van der Waals surface area (Å²) in [5.74, 6) is 1.22. The highest BCUT2D eigenvalue weighted by molar-refractivity contribution is 5.84. The summed E-state index contributed by atoms with van der Waals surface area (Å²) < 4.78 is 6.62. The lowest BCUT2D eigenvalue weighted by Gasteiger charge is -2.64. The van der Waals surface area contributed by atoms with Gasteiger partial charge in [-0.1, -0.05) is 37.3 Å². The van der Waals surface area contributed by atoms with E-state index in [4.69, 9.17) is 4.74 Å². The van der Waals surface area contributed by atoms with Crippen LogP contribution in [0.3, 0.4) is 0 Å². The highest BCUT2D eigenvalue weighted by atomic mass is 16.5. The zero-order valence-electron chi connectivity index (χ0n) is 21.9. The minimum absolute atomic E-state index is 0.0196. The lowest BCUT2D eigenvalue weighted by Crippen LogP contribution is -2.78. The van der Waals surface area contributed by atoms with Crippen LogP contribution in [0, 0.1) is 12.8 Å². The number of carbonyl (C=O) groups excluding carboxylic acids is 1. The Kier molecular flexibility index (Phi) is 5.22. The minimum Gasteiger partial charge on any atom is -0.504 e. The fourth-order valence-corrected chi connectivity index (χ4v) is 8.44. The quantitative estimate of drug-likeness (QED) is 0.558. The van der Waals surface area contributed by atoms with E-state index < -0.39 is 17.1 Å². The van der Waals surface area contributed by atoms with Gasteiger partial charge < -0.3 is 20.3 Å². The normalized spacial score (nSPS) is 34.4. The molecule has 2 aromatic rings. The van der Waals surface area contributed by atoms with Gasteiger partial charge in [-0.15, -0.1) is 0 Å². The van der Waals surface area contributed by atoms with Gasteiger partial charge in [0, 0.05) is 18.2 Å². The second-order valence-corrected chi connectivity index (χ2v) is 12.3. The Hall–Kier alpha value is -2.57. The van der Waals surface area contributed by atoms with Gasteiger partial charge in [-0.3, -0.25) is 9.69 Å². The third kappa shape index (κ3) is 3.21. The molecule has 196 valence electrons. The van der Waals surface area contributed by atoms with Gasteiger partial charge in [0.25, 0.3) is 0 Å². The first kappa shape index (κ1) is 23.5. The molecule has 6 atom stereocenters. The summed E-state index contributed by atoms with van der Waals surface area (Å²) >= 11 is 0. The van der Waals surface area contributed by atoms with Crippen LogP contribution in [0.25, 0.3) is 0 Å². The van der Waals surface area contributed by atoms with Crippen molar-refractivity contribution in [2.45, 2.75) is 93.9 Å². The van der Waals surface area contributed by atoms with E-state index in [-0.39, 0.29) is 29.7 Å². The second kappa shape index (κ2) is 8.21. The molecule has 1 saturated heterocycles. The molecular weight excluding hydrogens is 464 g/mol. The Bertz CT molecular complexity index is 1260. The molecule has 7 rings (SSSR count). The average molecular weight is 503 g/mol. The van der Waals surface area contributed by atoms with Crippen molar-refractivity contribution in [2.24, 2.45) is 5.92 Å². The van der Waals surface area contributed by atoms with Gasteiger partial charge in [0.1, 0.15) is 6.10 Å². The number of aryl methyl sites for hydroxylation is 1. The van der Waals surface area contributed by atoms with E-state index in [0.29, 0.717) is 25.0 Å². The van der Waals surface area contributed by atoms with Crippen LogP contribution in [-0.4, -0.2) is 57.9 Å². The zero-order chi connectivity index (χ0) is 25.5. The lowest BCUT2D eigenvalue weighted by atomic mass is 9.48. The van der Waals surface area contributed by atoms with Crippen molar-refractivity contribution in [1.29, 1.82) is 0 Å². The van der Waals surface area contributed by atoms with Crippen molar-refractivity contribution < 1.29 is 19.7 Å². The molecule has 1 unspecified atom stereocenters. The maximum atomic E-state index is 13.7. The number of likely N-dealkylation sites (tertiary alicyclic amines) is 1. The number of phenolic OH excluding ortho intramolecular Hbond substituents is 1. The van der Waals surface area contributed by atoms with Crippen LogP contribution >= 0.6 is 0 Å². The Morgan fingerprint density at radius 1 is 1.19 bits per heavy atom. The maximum Gasteiger partial charge on any atom is 0.227 e. The smallest absolute Gasteiger partial charge is 0.227 e. The summed E-state index contributed by atoms with van der Waals surface area (Å²) in [5.41, 5.74) is 2.84. The van der Waals surface area contributed by atoms with Crippen LogP contribution in [0.2, 0.25) is 0 Å². The Morgan fingerprint density at radius 3 is 2.76 bits per heavy atom. The van der Waals surface area contributed by atoms with E-state index in [0.717, 1.165) is 48.5 Å². The number of carbonyl (C=O) groups is 1. The number of hydrogen-bond donors (Lipinski definition) is 3. The van der Waals surface area contributed by atoms with Gasteiger partial charge in [0.05, 0.1) is 23.0 Å². The SMILES string of the molecule is CCC(C(=O)N[C@H]1CC[C@@]2(O)[C@H]3Cc4ccc(O)c5c4[C@@]2(CCN3CC2CC2)[C@H]1O5)c1ccccc1C. The average Bonchev–Trinajstić information content (AvgIpc) is 3.62. The van der Waals surface area contributed by atoms with Gasteiger partial charge in [0.2, 0.25) is 5.91 Å². The number of aliphatic hydroxyl groups is 1. The molecule has 5 aliphatic rings. The number of rotatable bonds is 6. The molecule has 3 fully saturated rings. The molecule has 0 aromatic heterocycles. The highest BCUT2D eigenvalue weighted by Crippen LogP contribution is 2.65. The Balaban J connectivity index is 1.26. The Labute approximate surface area is 219 Å². The third-order valence-electron chi connectivity index (χ3n) is 10.4. The van der Waals surface area contributed by atoms with Gasteiger partial charge in [0.15, 0.2) is 11.5 Å². The molecule has 1 spiro atoms. The van der Waals surface area contributed by atoms with Crippen molar-refractivity contribution in [3.63, 3.8) is 0 Å². The van der Waals surface area contributed by atoms with E-state index in [1.807, 2.05) is 18.2 Å². The highest BCUT2D eigenvalue weighted by Gasteiger charge is 2.73. The summed E-state index contributed by atoms with van der Waals surface area (Å²) in [4.78, 5) is 16.3. The van der Waals surface area contributed by atoms with Crippen LogP contribution in [0.4, 0.5) is 0 Å². The van der Waals surface area contributed by atoms with Crippen molar-refractivity contribution in [1.82, 2.24) is 10.2 Å². The van der Waals surface area contributed by atoms with Gasteiger partial charge in [-0.25, -0.2) is 0 Å². The van der Waals surface area contributed by atoms with E-state index in [1.165, 1.54) is 18.4 Å². The largest absolute Gasteiger partial charge is 0.504 e. The number of amides is 1. The third-order valence-corrected chi connectivity index (χ3v) is 10.4. The monoisotopic (exact) mass is 502 g/mol. The van der Waals surface area contributed by atoms with Crippen LogP contribution in [0.15, 0.2) is 36.4 Å². The molecule has 0 radical (unpaired) electrons. The summed E-state index contributed by atoms with van der Waals surface area (Å²) in [6, 6.07) is 11.7. The van der Waals surface area contributed by atoms with Crippen LogP contribution < -0.4 is 10.1 Å². The summed E-state index contributed by atoms with van der Waals surface area (Å²) in [6.07, 6.45) is 5.76. The topological polar surface area (TPSA) is 82.0 Å². The zero-order valence-corrected chi connectivity index (χ0v) is 21.9. The number of hydrogen-bond acceptors (Lipinski definition) is 5. The number of piperidine rings is 1. The Morgan fingerprint density at radius 2 is 2.00 bits per heavy atom. The fourth-order valence-electron chi connectivity index (χ4n) is 8.44. The van der Waals surface area contributed by atoms with E-state index in [9.17, 15) is 15.0 Å². The summed E-state index contributed by atoms with van der Waals surface area (Å²) in [7, 11) is 0. The fraction of sp³-hybridized carbons (Fsp3) is 0.581. The molecule has 3 N–H and O–H groups in total. The minimum atomic E-state index is -0.932. The van der Waals surface area contributed by atoms with Gasteiger partial charge >= 0.3 is 0 Å². The number of ether oxygens (including phenoxy) is 1. The molecule has 3 aliphatic carbocycles. The summed E-state index contributed by atoms with van der Waals surface area (Å²) in [5, 5.41) is 26.8. The van der Waals surface area contributed by atoms with Crippen molar-refractivity contribution in [2.75, 3.05) is 13.1 Å². The molecular formula is C31H38N2O4. The van der Waals surface area contributed by atoms with Crippen molar-refractivity contribution in [3.8, 4) is 11.5 Å². The molecule has 37 heavy (non-hydrogen) atoms. The van der Waals surface area contributed by atoms with Gasteiger partial charge in [-0.05, 0) is 87.1 Å². The predicted molar refractivity (Wildman–Crippen MR) is 141 cm³/mol. The van der Waals surface area contributed by atoms with E-state index in [1.54, 1.807) is 6.07 Å². The molecule has 2 aromatic carbocycles. The number of phenols is 1. The molecule has 6 heteroatoms. The van der Waals surface area contributed by atoms with Gasteiger partial charge in [-0.2, -0.15) is 0 Å².